The highest BCUT2D eigenvalue weighted by atomic mass is 32.2. The third-order valence-corrected chi connectivity index (χ3v) is 7.22. The molecule has 1 aromatic rings. The average molecular weight is 319 g/mol. The lowest BCUT2D eigenvalue weighted by Gasteiger charge is -2.23. The molecule has 1 rings (SSSR count). The maximum atomic E-state index is 11.7. The molecular weight excluding hydrogens is 298 g/mol. The highest BCUT2D eigenvalue weighted by Crippen LogP contribution is 2.19. The van der Waals surface area contributed by atoms with Gasteiger partial charge < -0.3 is 5.32 Å². The predicted octanol–water partition coefficient (Wildman–Crippen LogP) is 1.72. The number of rotatable bonds is 6. The summed E-state index contributed by atoms with van der Waals surface area (Å²) in [5.41, 5.74) is 0.691. The molecule has 0 amide bonds. The van der Waals surface area contributed by atoms with Gasteiger partial charge in [0.25, 0.3) is 0 Å². The van der Waals surface area contributed by atoms with E-state index in [-0.39, 0.29) is 17.2 Å². The van der Waals surface area contributed by atoms with Gasteiger partial charge in [0.15, 0.2) is 19.7 Å². The summed E-state index contributed by atoms with van der Waals surface area (Å²) in [5.74, 6) is 0.0564. The first kappa shape index (κ1) is 17.0. The zero-order valence-electron chi connectivity index (χ0n) is 12.2. The second-order valence-electron chi connectivity index (χ2n) is 5.31. The number of nitrogens with one attached hydrogen (secondary N) is 1. The summed E-state index contributed by atoms with van der Waals surface area (Å²) < 4.78 is 45.6. The van der Waals surface area contributed by atoms with Gasteiger partial charge in [0.05, 0.1) is 15.4 Å². The summed E-state index contributed by atoms with van der Waals surface area (Å²) in [5, 5.41) is 3.01. The van der Waals surface area contributed by atoms with E-state index in [9.17, 15) is 16.8 Å². The Morgan fingerprint density at radius 2 is 1.55 bits per heavy atom. The fourth-order valence-electron chi connectivity index (χ4n) is 1.39. The molecule has 0 saturated heterocycles. The molecule has 0 saturated carbocycles. The average Bonchev–Trinajstić information content (AvgIpc) is 2.35. The Hall–Kier alpha value is -1.08. The van der Waals surface area contributed by atoms with E-state index in [1.807, 2.05) is 0 Å². The largest absolute Gasteiger partial charge is 0.383 e. The highest BCUT2D eigenvalue weighted by Gasteiger charge is 2.29. The Morgan fingerprint density at radius 3 is 1.95 bits per heavy atom. The minimum absolute atomic E-state index is 0.0564. The van der Waals surface area contributed by atoms with Crippen molar-refractivity contribution in [2.24, 2.45) is 0 Å². The van der Waals surface area contributed by atoms with Crippen molar-refractivity contribution in [3.63, 3.8) is 0 Å². The van der Waals surface area contributed by atoms with Crippen LogP contribution in [0.3, 0.4) is 0 Å². The molecule has 0 radical (unpaired) electrons. The quantitative estimate of drug-likeness (QED) is 0.863. The molecule has 1 N–H and O–H groups in total. The fraction of sp³-hybridized carbons (Fsp3) is 0.538. The van der Waals surface area contributed by atoms with Crippen molar-refractivity contribution in [1.29, 1.82) is 0 Å². The van der Waals surface area contributed by atoms with Crippen LogP contribution in [0.5, 0.6) is 0 Å². The number of hydrogen-bond donors (Lipinski definition) is 1. The van der Waals surface area contributed by atoms with Crippen LogP contribution >= 0.6 is 0 Å². The van der Waals surface area contributed by atoms with Crippen molar-refractivity contribution in [3.05, 3.63) is 24.3 Å². The van der Waals surface area contributed by atoms with Gasteiger partial charge in [-0.15, -0.1) is 0 Å². The third kappa shape index (κ3) is 3.96. The number of hydrogen-bond acceptors (Lipinski definition) is 5. The van der Waals surface area contributed by atoms with Crippen LogP contribution in [0.25, 0.3) is 0 Å². The van der Waals surface area contributed by atoms with Crippen molar-refractivity contribution in [3.8, 4) is 0 Å². The van der Waals surface area contributed by atoms with Crippen molar-refractivity contribution in [2.45, 2.75) is 30.4 Å². The van der Waals surface area contributed by atoms with Crippen LogP contribution in [0.4, 0.5) is 5.69 Å². The van der Waals surface area contributed by atoms with Gasteiger partial charge in [-0.25, -0.2) is 16.8 Å². The molecule has 0 aliphatic rings. The second-order valence-corrected chi connectivity index (χ2v) is 10.2. The van der Waals surface area contributed by atoms with E-state index in [4.69, 9.17) is 0 Å². The SMILES string of the molecule is CCS(=O)(=O)c1ccc(NCC(C)(C)S(C)(=O)=O)cc1. The molecule has 0 unspecified atom stereocenters. The van der Waals surface area contributed by atoms with E-state index in [1.165, 1.54) is 18.4 Å². The van der Waals surface area contributed by atoms with Gasteiger partial charge in [-0.05, 0) is 38.1 Å². The summed E-state index contributed by atoms with van der Waals surface area (Å²) in [6.07, 6.45) is 1.20. The summed E-state index contributed by atoms with van der Waals surface area (Å²) in [6.45, 7) is 5.14. The molecule has 0 aliphatic heterocycles. The van der Waals surface area contributed by atoms with Gasteiger partial charge in [-0.1, -0.05) is 6.92 Å². The maximum absolute atomic E-state index is 11.7. The first-order valence-corrected chi connectivity index (χ1v) is 9.80. The summed E-state index contributed by atoms with van der Waals surface area (Å²) >= 11 is 0. The van der Waals surface area contributed by atoms with E-state index < -0.39 is 24.4 Å². The molecule has 0 heterocycles. The van der Waals surface area contributed by atoms with Crippen molar-refractivity contribution < 1.29 is 16.8 Å². The van der Waals surface area contributed by atoms with Gasteiger partial charge in [-0.3, -0.25) is 0 Å². The molecule has 7 heteroatoms. The van der Waals surface area contributed by atoms with Crippen LogP contribution in [0.15, 0.2) is 29.2 Å². The lowest BCUT2D eigenvalue weighted by Crippen LogP contribution is -2.38. The first-order chi connectivity index (χ1) is 8.99. The van der Waals surface area contributed by atoms with Gasteiger partial charge in [-0.2, -0.15) is 0 Å². The van der Waals surface area contributed by atoms with Crippen molar-refractivity contribution in [1.82, 2.24) is 0 Å². The Bertz CT molecular complexity index is 659. The summed E-state index contributed by atoms with van der Waals surface area (Å²) in [6, 6.07) is 6.32. The smallest absolute Gasteiger partial charge is 0.178 e. The molecule has 0 aliphatic carbocycles. The van der Waals surface area contributed by atoms with Gasteiger partial charge in [0, 0.05) is 18.5 Å². The number of anilines is 1. The molecule has 0 bridgehead atoms. The Labute approximate surface area is 121 Å². The normalized spacial score (nSPS) is 13.2. The minimum Gasteiger partial charge on any atom is -0.383 e. The lowest BCUT2D eigenvalue weighted by molar-refractivity contribution is 0.560. The Balaban J connectivity index is 2.83. The molecule has 0 aromatic heterocycles. The molecule has 114 valence electrons. The first-order valence-electron chi connectivity index (χ1n) is 6.26. The van der Waals surface area contributed by atoms with Crippen molar-refractivity contribution in [2.75, 3.05) is 23.9 Å². The van der Waals surface area contributed by atoms with Crippen LogP contribution in [-0.2, 0) is 19.7 Å². The number of sulfone groups is 2. The monoisotopic (exact) mass is 319 g/mol. The third-order valence-electron chi connectivity index (χ3n) is 3.32. The van der Waals surface area contributed by atoms with E-state index in [2.05, 4.69) is 5.32 Å². The van der Waals surface area contributed by atoms with E-state index in [1.54, 1.807) is 32.9 Å². The summed E-state index contributed by atoms with van der Waals surface area (Å²) in [7, 11) is -6.37. The van der Waals surface area contributed by atoms with Gasteiger partial charge >= 0.3 is 0 Å². The zero-order valence-corrected chi connectivity index (χ0v) is 13.8. The topological polar surface area (TPSA) is 80.3 Å². The minimum atomic E-state index is -3.21. The number of benzene rings is 1. The highest BCUT2D eigenvalue weighted by molar-refractivity contribution is 7.92. The van der Waals surface area contributed by atoms with Crippen molar-refractivity contribution >= 4 is 25.4 Å². The van der Waals surface area contributed by atoms with Gasteiger partial charge in [0.1, 0.15) is 0 Å². The molecule has 0 fully saturated rings. The fourth-order valence-corrected chi connectivity index (χ4v) is 2.61. The molecule has 5 nitrogen and oxygen atoms in total. The Morgan fingerprint density at radius 1 is 1.05 bits per heavy atom. The molecule has 0 atom stereocenters. The molecule has 0 spiro atoms. The summed E-state index contributed by atoms with van der Waals surface area (Å²) in [4.78, 5) is 0.271. The van der Waals surface area contributed by atoms with E-state index in [0.717, 1.165) is 0 Å². The predicted molar refractivity (Wildman–Crippen MR) is 81.6 cm³/mol. The van der Waals surface area contributed by atoms with Gasteiger partial charge in [0.2, 0.25) is 0 Å². The van der Waals surface area contributed by atoms with Crippen LogP contribution in [0.1, 0.15) is 20.8 Å². The van der Waals surface area contributed by atoms with E-state index >= 15 is 0 Å². The van der Waals surface area contributed by atoms with Crippen LogP contribution < -0.4 is 5.32 Å². The molecule has 20 heavy (non-hydrogen) atoms. The maximum Gasteiger partial charge on any atom is 0.178 e. The van der Waals surface area contributed by atoms with Crippen LogP contribution in [0.2, 0.25) is 0 Å². The zero-order chi connectivity index (χ0) is 15.6. The second kappa shape index (κ2) is 5.73. The molecular formula is C13H21NO4S2. The molecule has 1 aromatic carbocycles. The van der Waals surface area contributed by atoms with Crippen LogP contribution in [0, 0.1) is 0 Å². The Kier molecular flexibility index (Phi) is 4.86. The lowest BCUT2D eigenvalue weighted by atomic mass is 10.2. The standard InChI is InChI=1S/C13H21NO4S2/c1-5-20(17,18)12-8-6-11(7-9-12)14-10-13(2,3)19(4,15)16/h6-9,14H,5,10H2,1-4H3. The van der Waals surface area contributed by atoms with E-state index in [0.29, 0.717) is 5.69 Å². The van der Waals surface area contributed by atoms with Crippen LogP contribution in [-0.4, -0.2) is 40.1 Å².